The summed E-state index contributed by atoms with van der Waals surface area (Å²) in [6.45, 7) is 8.08. The van der Waals surface area contributed by atoms with E-state index in [2.05, 4.69) is 12.2 Å². The smallest absolute Gasteiger partial charge is 0.251 e. The van der Waals surface area contributed by atoms with Gasteiger partial charge in [-0.2, -0.15) is 0 Å². The quantitative estimate of drug-likeness (QED) is 0.807. The number of hydrogen-bond donors (Lipinski definition) is 1. The number of nitrogens with one attached hydrogen (secondary N) is 1. The molecule has 0 saturated heterocycles. The largest absolute Gasteiger partial charge is 0.350 e. The van der Waals surface area contributed by atoms with E-state index in [-0.39, 0.29) is 11.9 Å². The third-order valence-corrected chi connectivity index (χ3v) is 2.62. The van der Waals surface area contributed by atoms with Crippen LogP contribution >= 0.6 is 0 Å². The number of hydrogen-bond acceptors (Lipinski definition) is 1. The van der Waals surface area contributed by atoms with Crippen LogP contribution in [0.15, 0.2) is 18.2 Å². The van der Waals surface area contributed by atoms with Crippen molar-refractivity contribution >= 4 is 5.91 Å². The van der Waals surface area contributed by atoms with Gasteiger partial charge < -0.3 is 5.32 Å². The van der Waals surface area contributed by atoms with Crippen LogP contribution in [0.2, 0.25) is 0 Å². The van der Waals surface area contributed by atoms with Crippen molar-refractivity contribution in [3.8, 4) is 0 Å². The van der Waals surface area contributed by atoms with E-state index in [1.54, 1.807) is 0 Å². The van der Waals surface area contributed by atoms with E-state index in [0.717, 1.165) is 17.5 Å². The summed E-state index contributed by atoms with van der Waals surface area (Å²) in [6, 6.07) is 6.13. The van der Waals surface area contributed by atoms with Crippen molar-refractivity contribution in [1.82, 2.24) is 5.32 Å². The van der Waals surface area contributed by atoms with E-state index in [1.165, 1.54) is 5.56 Å². The Labute approximate surface area is 91.7 Å². The maximum Gasteiger partial charge on any atom is 0.251 e. The first-order valence-electron chi connectivity index (χ1n) is 5.42. The fraction of sp³-hybridized carbons (Fsp3) is 0.462. The fourth-order valence-electron chi connectivity index (χ4n) is 1.47. The summed E-state index contributed by atoms with van der Waals surface area (Å²) in [5, 5.41) is 2.97. The number of benzene rings is 1. The van der Waals surface area contributed by atoms with Gasteiger partial charge in [0.15, 0.2) is 0 Å². The first-order valence-corrected chi connectivity index (χ1v) is 5.42. The van der Waals surface area contributed by atoms with Crippen molar-refractivity contribution in [1.29, 1.82) is 0 Å². The summed E-state index contributed by atoms with van der Waals surface area (Å²) in [4.78, 5) is 11.8. The third-order valence-electron chi connectivity index (χ3n) is 2.62. The Balaban J connectivity index is 2.82. The van der Waals surface area contributed by atoms with Crippen LogP contribution in [0.3, 0.4) is 0 Å². The van der Waals surface area contributed by atoms with Gasteiger partial charge in [0.2, 0.25) is 0 Å². The molecule has 1 aromatic rings. The van der Waals surface area contributed by atoms with Crippen molar-refractivity contribution < 1.29 is 4.79 Å². The summed E-state index contributed by atoms with van der Waals surface area (Å²) in [7, 11) is 0. The molecule has 0 saturated carbocycles. The summed E-state index contributed by atoms with van der Waals surface area (Å²) < 4.78 is 0. The van der Waals surface area contributed by atoms with E-state index in [0.29, 0.717) is 0 Å². The first-order chi connectivity index (χ1) is 7.04. The number of amides is 1. The van der Waals surface area contributed by atoms with Gasteiger partial charge in [-0.05, 0) is 38.8 Å². The summed E-state index contributed by atoms with van der Waals surface area (Å²) in [5.41, 5.74) is 3.00. The summed E-state index contributed by atoms with van der Waals surface area (Å²) >= 11 is 0. The van der Waals surface area contributed by atoms with Crippen LogP contribution in [0.5, 0.6) is 0 Å². The molecule has 0 bridgehead atoms. The van der Waals surface area contributed by atoms with Gasteiger partial charge in [0, 0.05) is 11.6 Å². The van der Waals surface area contributed by atoms with Gasteiger partial charge in [0.1, 0.15) is 0 Å². The van der Waals surface area contributed by atoms with E-state index in [1.807, 2.05) is 39.0 Å². The maximum atomic E-state index is 11.8. The summed E-state index contributed by atoms with van der Waals surface area (Å²) in [5.74, 6) is 0.0295. The number of carbonyl (C=O) groups excluding carboxylic acids is 1. The van der Waals surface area contributed by atoms with Gasteiger partial charge in [0.05, 0.1) is 0 Å². The molecule has 1 rings (SSSR count). The topological polar surface area (TPSA) is 29.1 Å². The van der Waals surface area contributed by atoms with Crippen molar-refractivity contribution in [2.75, 3.05) is 0 Å². The van der Waals surface area contributed by atoms with E-state index >= 15 is 0 Å². The van der Waals surface area contributed by atoms with E-state index in [4.69, 9.17) is 0 Å². The van der Waals surface area contributed by atoms with Gasteiger partial charge in [-0.1, -0.05) is 24.6 Å². The van der Waals surface area contributed by atoms with Gasteiger partial charge in [-0.25, -0.2) is 0 Å². The Hall–Kier alpha value is -1.31. The molecule has 1 N–H and O–H groups in total. The van der Waals surface area contributed by atoms with Crippen LogP contribution < -0.4 is 5.32 Å². The zero-order chi connectivity index (χ0) is 11.4. The van der Waals surface area contributed by atoms with Crippen molar-refractivity contribution in [3.63, 3.8) is 0 Å². The fourth-order valence-corrected chi connectivity index (χ4v) is 1.47. The molecule has 1 aromatic carbocycles. The van der Waals surface area contributed by atoms with Crippen molar-refractivity contribution in [2.24, 2.45) is 0 Å². The third kappa shape index (κ3) is 3.08. The number of carbonyl (C=O) groups is 1. The standard InChI is InChI=1S/C13H19NO/c1-5-11(4)14-13(15)12-7-6-9(2)8-10(12)3/h6-8,11H,5H2,1-4H3,(H,14,15). The van der Waals surface area contributed by atoms with E-state index in [9.17, 15) is 4.79 Å². The van der Waals surface area contributed by atoms with Crippen LogP contribution in [-0.2, 0) is 0 Å². The molecule has 0 radical (unpaired) electrons. The Bertz CT molecular complexity index is 358. The first kappa shape index (κ1) is 11.8. The Morgan fingerprint density at radius 3 is 2.60 bits per heavy atom. The molecule has 0 aliphatic heterocycles. The summed E-state index contributed by atoms with van der Waals surface area (Å²) in [6.07, 6.45) is 0.955. The minimum atomic E-state index is 0.0295. The predicted octanol–water partition coefficient (Wildman–Crippen LogP) is 2.83. The molecule has 2 nitrogen and oxygen atoms in total. The highest BCUT2D eigenvalue weighted by Gasteiger charge is 2.10. The Morgan fingerprint density at radius 2 is 2.07 bits per heavy atom. The Kier molecular flexibility index (Phi) is 3.89. The predicted molar refractivity (Wildman–Crippen MR) is 63.1 cm³/mol. The second-order valence-electron chi connectivity index (χ2n) is 4.10. The lowest BCUT2D eigenvalue weighted by Gasteiger charge is -2.13. The minimum Gasteiger partial charge on any atom is -0.350 e. The van der Waals surface area contributed by atoms with Crippen LogP contribution in [-0.4, -0.2) is 11.9 Å². The minimum absolute atomic E-state index is 0.0295. The van der Waals surface area contributed by atoms with Crippen LogP contribution in [0.1, 0.15) is 41.8 Å². The van der Waals surface area contributed by atoms with Crippen LogP contribution in [0.4, 0.5) is 0 Å². The monoisotopic (exact) mass is 205 g/mol. The van der Waals surface area contributed by atoms with Crippen molar-refractivity contribution in [2.45, 2.75) is 40.2 Å². The molecule has 1 unspecified atom stereocenters. The normalized spacial score (nSPS) is 12.3. The average molecular weight is 205 g/mol. The van der Waals surface area contributed by atoms with Crippen LogP contribution in [0.25, 0.3) is 0 Å². The maximum absolute atomic E-state index is 11.8. The molecular formula is C13H19NO. The molecule has 0 spiro atoms. The second-order valence-corrected chi connectivity index (χ2v) is 4.10. The molecular weight excluding hydrogens is 186 g/mol. The zero-order valence-corrected chi connectivity index (χ0v) is 9.92. The molecule has 2 heteroatoms. The lowest BCUT2D eigenvalue weighted by Crippen LogP contribution is -2.32. The SMILES string of the molecule is CCC(C)NC(=O)c1ccc(C)cc1C. The van der Waals surface area contributed by atoms with E-state index < -0.39 is 0 Å². The molecule has 0 aliphatic carbocycles. The second kappa shape index (κ2) is 4.96. The molecule has 1 amide bonds. The highest BCUT2D eigenvalue weighted by Crippen LogP contribution is 2.10. The lowest BCUT2D eigenvalue weighted by molar-refractivity contribution is 0.0938. The van der Waals surface area contributed by atoms with Crippen LogP contribution in [0, 0.1) is 13.8 Å². The van der Waals surface area contributed by atoms with Gasteiger partial charge in [-0.3, -0.25) is 4.79 Å². The van der Waals surface area contributed by atoms with Crippen molar-refractivity contribution in [3.05, 3.63) is 34.9 Å². The van der Waals surface area contributed by atoms with Gasteiger partial charge in [0.25, 0.3) is 5.91 Å². The highest BCUT2D eigenvalue weighted by atomic mass is 16.1. The molecule has 0 fully saturated rings. The molecule has 1 atom stereocenters. The van der Waals surface area contributed by atoms with Gasteiger partial charge >= 0.3 is 0 Å². The molecule has 82 valence electrons. The number of rotatable bonds is 3. The average Bonchev–Trinajstić information content (AvgIpc) is 2.17. The molecule has 0 aromatic heterocycles. The molecule has 15 heavy (non-hydrogen) atoms. The highest BCUT2D eigenvalue weighted by molar-refractivity contribution is 5.95. The number of aryl methyl sites for hydroxylation is 2. The van der Waals surface area contributed by atoms with Gasteiger partial charge in [-0.15, -0.1) is 0 Å². The zero-order valence-electron chi connectivity index (χ0n) is 9.92. The Morgan fingerprint density at radius 1 is 1.40 bits per heavy atom. The molecule has 0 aliphatic rings. The molecule has 0 heterocycles. The lowest BCUT2D eigenvalue weighted by atomic mass is 10.0.